The van der Waals surface area contributed by atoms with Crippen LogP contribution in [0.2, 0.25) is 0 Å². The van der Waals surface area contributed by atoms with Gasteiger partial charge in [0.25, 0.3) is 5.91 Å². The number of rotatable bonds is 9. The Kier molecular flexibility index (Phi) is 8.05. The first-order valence-corrected chi connectivity index (χ1v) is 11.4. The first-order chi connectivity index (χ1) is 15.5. The number of unbranched alkanes of at least 4 members (excludes halogenated alkanes) is 1. The van der Waals surface area contributed by atoms with Gasteiger partial charge in [-0.15, -0.1) is 0 Å². The smallest absolute Gasteiger partial charge is 0.326 e. The molecule has 1 aromatic heterocycles. The van der Waals surface area contributed by atoms with Crippen LogP contribution in [-0.4, -0.2) is 37.3 Å². The summed E-state index contributed by atoms with van der Waals surface area (Å²) >= 11 is 1.37. The molecule has 1 amide bonds. The van der Waals surface area contributed by atoms with E-state index in [2.05, 4.69) is 24.0 Å². The molecule has 0 unspecified atom stereocenters. The van der Waals surface area contributed by atoms with Gasteiger partial charge in [0.2, 0.25) is 0 Å². The van der Waals surface area contributed by atoms with Crippen LogP contribution in [-0.2, 0) is 22.5 Å². The second-order valence-corrected chi connectivity index (χ2v) is 8.15. The summed E-state index contributed by atoms with van der Waals surface area (Å²) in [5.74, 6) is -0.0836. The molecule has 0 aliphatic heterocycles. The Morgan fingerprint density at radius 3 is 2.59 bits per heavy atom. The second kappa shape index (κ2) is 10.9. The molecule has 0 saturated heterocycles. The third-order valence-corrected chi connectivity index (χ3v) is 6.03. The standard InChI is InChI=1S/C24H28N2O5S/c1-5-7-9-16-12-13-18-20(14-16)32-24(26(18)15-21(27)31-6-2)25-23(28)17-10-8-11-19(29-3)22(17)30-4/h8,10-14H,5-7,9,15H2,1-4H3. The van der Waals surface area contributed by atoms with E-state index in [0.29, 0.717) is 16.3 Å². The van der Waals surface area contributed by atoms with Crippen molar-refractivity contribution >= 4 is 33.4 Å². The number of carbonyl (C=O) groups excluding carboxylic acids is 2. The Morgan fingerprint density at radius 2 is 1.91 bits per heavy atom. The van der Waals surface area contributed by atoms with Crippen LogP contribution in [0.5, 0.6) is 11.5 Å². The van der Waals surface area contributed by atoms with Crippen molar-refractivity contribution in [1.29, 1.82) is 0 Å². The van der Waals surface area contributed by atoms with Gasteiger partial charge in [0, 0.05) is 0 Å². The molecule has 0 fully saturated rings. The summed E-state index contributed by atoms with van der Waals surface area (Å²) in [5.41, 5.74) is 2.35. The van der Waals surface area contributed by atoms with E-state index in [-0.39, 0.29) is 24.7 Å². The highest BCUT2D eigenvalue weighted by atomic mass is 32.1. The summed E-state index contributed by atoms with van der Waals surface area (Å²) in [6.45, 7) is 4.18. The van der Waals surface area contributed by atoms with E-state index in [9.17, 15) is 9.59 Å². The van der Waals surface area contributed by atoms with Gasteiger partial charge in [0.15, 0.2) is 16.3 Å². The van der Waals surface area contributed by atoms with E-state index < -0.39 is 5.91 Å². The number of nitrogens with zero attached hydrogens (tertiary/aromatic N) is 2. The van der Waals surface area contributed by atoms with Gasteiger partial charge in [-0.05, 0) is 49.6 Å². The molecule has 0 atom stereocenters. The lowest BCUT2D eigenvalue weighted by Crippen LogP contribution is -2.23. The maximum absolute atomic E-state index is 13.1. The summed E-state index contributed by atoms with van der Waals surface area (Å²) < 4.78 is 18.5. The average molecular weight is 457 g/mol. The average Bonchev–Trinajstić information content (AvgIpc) is 3.12. The number of aromatic nitrogens is 1. The van der Waals surface area contributed by atoms with Crippen molar-refractivity contribution in [2.75, 3.05) is 20.8 Å². The van der Waals surface area contributed by atoms with Crippen molar-refractivity contribution in [3.8, 4) is 11.5 Å². The molecule has 0 bridgehead atoms. The summed E-state index contributed by atoms with van der Waals surface area (Å²) in [5, 5.41) is 0. The predicted molar refractivity (Wildman–Crippen MR) is 124 cm³/mol. The monoisotopic (exact) mass is 456 g/mol. The highest BCUT2D eigenvalue weighted by Gasteiger charge is 2.18. The number of amides is 1. The van der Waals surface area contributed by atoms with Gasteiger partial charge in [-0.3, -0.25) is 9.59 Å². The molecule has 0 aliphatic rings. The normalized spacial score (nSPS) is 11.6. The third-order valence-electron chi connectivity index (χ3n) is 4.99. The highest BCUT2D eigenvalue weighted by Crippen LogP contribution is 2.31. The van der Waals surface area contributed by atoms with Crippen molar-refractivity contribution in [2.45, 2.75) is 39.7 Å². The number of benzene rings is 2. The van der Waals surface area contributed by atoms with E-state index >= 15 is 0 Å². The quantitative estimate of drug-likeness (QED) is 0.447. The molecule has 3 aromatic rings. The van der Waals surface area contributed by atoms with Crippen LogP contribution in [0, 0.1) is 0 Å². The molecule has 0 radical (unpaired) electrons. The van der Waals surface area contributed by atoms with Gasteiger partial charge in [0.1, 0.15) is 6.54 Å². The number of carbonyl (C=O) groups is 2. The minimum Gasteiger partial charge on any atom is -0.493 e. The molecule has 0 saturated carbocycles. The Bertz CT molecular complexity index is 1180. The van der Waals surface area contributed by atoms with Crippen molar-refractivity contribution < 1.29 is 23.8 Å². The highest BCUT2D eigenvalue weighted by molar-refractivity contribution is 7.16. The fraction of sp³-hybridized carbons (Fsp3) is 0.375. The lowest BCUT2D eigenvalue weighted by molar-refractivity contribution is -0.143. The van der Waals surface area contributed by atoms with E-state index in [1.165, 1.54) is 31.1 Å². The summed E-state index contributed by atoms with van der Waals surface area (Å²) in [7, 11) is 2.99. The number of methoxy groups -OCH3 is 2. The maximum Gasteiger partial charge on any atom is 0.326 e. The number of thiazole rings is 1. The van der Waals surface area contributed by atoms with Crippen molar-refractivity contribution in [3.63, 3.8) is 0 Å². The van der Waals surface area contributed by atoms with E-state index in [1.807, 2.05) is 6.07 Å². The van der Waals surface area contributed by atoms with Crippen LogP contribution in [0.1, 0.15) is 42.6 Å². The molecule has 0 aliphatic carbocycles. The molecule has 32 heavy (non-hydrogen) atoms. The van der Waals surface area contributed by atoms with Gasteiger partial charge < -0.3 is 18.8 Å². The minimum absolute atomic E-state index is 0.0243. The molecule has 170 valence electrons. The first-order valence-electron chi connectivity index (χ1n) is 10.6. The molecule has 1 heterocycles. The van der Waals surface area contributed by atoms with Crippen LogP contribution >= 0.6 is 11.3 Å². The number of esters is 1. The van der Waals surface area contributed by atoms with Gasteiger partial charge in [-0.2, -0.15) is 4.99 Å². The zero-order valence-electron chi connectivity index (χ0n) is 18.8. The number of ether oxygens (including phenoxy) is 3. The van der Waals surface area contributed by atoms with Crippen LogP contribution in [0.15, 0.2) is 41.4 Å². The van der Waals surface area contributed by atoms with E-state index in [0.717, 1.165) is 29.5 Å². The van der Waals surface area contributed by atoms with Crippen LogP contribution in [0.4, 0.5) is 0 Å². The fourth-order valence-corrected chi connectivity index (χ4v) is 4.52. The van der Waals surface area contributed by atoms with Crippen LogP contribution in [0.25, 0.3) is 10.2 Å². The Balaban J connectivity index is 2.11. The number of hydrogen-bond donors (Lipinski definition) is 0. The van der Waals surface area contributed by atoms with E-state index in [1.54, 1.807) is 29.7 Å². The van der Waals surface area contributed by atoms with E-state index in [4.69, 9.17) is 14.2 Å². The number of para-hydroxylation sites is 1. The van der Waals surface area contributed by atoms with Crippen molar-refractivity contribution in [2.24, 2.45) is 4.99 Å². The molecule has 2 aromatic carbocycles. The molecule has 7 nitrogen and oxygen atoms in total. The minimum atomic E-state index is -0.476. The lowest BCUT2D eigenvalue weighted by atomic mass is 10.1. The number of hydrogen-bond acceptors (Lipinski definition) is 6. The number of aryl methyl sites for hydroxylation is 1. The SMILES string of the molecule is CCCCc1ccc2c(c1)sc(=NC(=O)c1cccc(OC)c1OC)n2CC(=O)OCC. The van der Waals surface area contributed by atoms with Gasteiger partial charge in [-0.25, -0.2) is 0 Å². The molecular formula is C24H28N2O5S. The molecule has 0 N–H and O–H groups in total. The van der Waals surface area contributed by atoms with Crippen LogP contribution < -0.4 is 14.3 Å². The second-order valence-electron chi connectivity index (χ2n) is 7.14. The topological polar surface area (TPSA) is 79.1 Å². The zero-order valence-corrected chi connectivity index (χ0v) is 19.7. The van der Waals surface area contributed by atoms with Gasteiger partial charge >= 0.3 is 5.97 Å². The zero-order chi connectivity index (χ0) is 23.1. The molecule has 3 rings (SSSR count). The Labute approximate surface area is 191 Å². The first kappa shape index (κ1) is 23.5. The van der Waals surface area contributed by atoms with Gasteiger partial charge in [-0.1, -0.05) is 36.8 Å². The Hall–Kier alpha value is -3.13. The lowest BCUT2D eigenvalue weighted by Gasteiger charge is -2.10. The largest absolute Gasteiger partial charge is 0.493 e. The third kappa shape index (κ3) is 5.19. The van der Waals surface area contributed by atoms with Crippen LogP contribution in [0.3, 0.4) is 0 Å². The maximum atomic E-state index is 13.1. The Morgan fingerprint density at radius 1 is 1.09 bits per heavy atom. The summed E-state index contributed by atoms with van der Waals surface area (Å²) in [6, 6.07) is 11.2. The summed E-state index contributed by atoms with van der Waals surface area (Å²) in [6.07, 6.45) is 3.20. The predicted octanol–water partition coefficient (Wildman–Crippen LogP) is 4.37. The summed E-state index contributed by atoms with van der Waals surface area (Å²) in [4.78, 5) is 30.1. The molecule has 8 heteroatoms. The fourth-order valence-electron chi connectivity index (χ4n) is 3.43. The van der Waals surface area contributed by atoms with Gasteiger partial charge in [0.05, 0.1) is 36.6 Å². The van der Waals surface area contributed by atoms with Crippen molar-refractivity contribution in [1.82, 2.24) is 4.57 Å². The number of fused-ring (bicyclic) bond motifs is 1. The van der Waals surface area contributed by atoms with Crippen molar-refractivity contribution in [3.05, 3.63) is 52.3 Å². The molecule has 0 spiro atoms. The molecular weight excluding hydrogens is 428 g/mol.